The SMILES string of the molecule is NC(=O)CNS(=O)(=O)c1ccc(Br)c(C(=O)NC2CCCC2)c1. The highest BCUT2D eigenvalue weighted by atomic mass is 79.9. The molecule has 126 valence electrons. The van der Waals surface area contributed by atoms with E-state index in [9.17, 15) is 18.0 Å². The summed E-state index contributed by atoms with van der Waals surface area (Å²) < 4.78 is 26.8. The normalized spacial score (nSPS) is 15.5. The van der Waals surface area contributed by atoms with Gasteiger partial charge >= 0.3 is 0 Å². The molecule has 0 bridgehead atoms. The molecular formula is C14H18BrN3O4S. The third-order valence-corrected chi connectivity index (χ3v) is 5.71. The minimum Gasteiger partial charge on any atom is -0.369 e. The molecule has 9 heteroatoms. The number of primary amides is 1. The first-order valence-corrected chi connectivity index (χ1v) is 9.45. The lowest BCUT2D eigenvalue weighted by Crippen LogP contribution is -2.34. The third-order valence-electron chi connectivity index (χ3n) is 3.62. The minimum atomic E-state index is -3.91. The van der Waals surface area contributed by atoms with Gasteiger partial charge in [-0.1, -0.05) is 12.8 Å². The predicted molar refractivity (Wildman–Crippen MR) is 88.2 cm³/mol. The monoisotopic (exact) mass is 403 g/mol. The van der Waals surface area contributed by atoms with Crippen LogP contribution in [0.1, 0.15) is 36.0 Å². The number of hydrogen-bond acceptors (Lipinski definition) is 4. The van der Waals surface area contributed by atoms with Gasteiger partial charge in [-0.2, -0.15) is 0 Å². The standard InChI is InChI=1S/C14H18BrN3O4S/c15-12-6-5-10(23(21,22)17-8-13(16)19)7-11(12)14(20)18-9-3-1-2-4-9/h5-7,9,17H,1-4,8H2,(H2,16,19)(H,18,20). The van der Waals surface area contributed by atoms with Gasteiger partial charge in [-0.05, 0) is 47.0 Å². The summed E-state index contributed by atoms with van der Waals surface area (Å²) in [6.45, 7) is -0.498. The highest BCUT2D eigenvalue weighted by molar-refractivity contribution is 9.10. The van der Waals surface area contributed by atoms with Crippen molar-refractivity contribution in [3.63, 3.8) is 0 Å². The van der Waals surface area contributed by atoms with Gasteiger partial charge in [-0.15, -0.1) is 0 Å². The summed E-state index contributed by atoms with van der Waals surface area (Å²) in [5.41, 5.74) is 5.17. The second-order valence-electron chi connectivity index (χ2n) is 5.39. The molecule has 0 heterocycles. The number of halogens is 1. The molecule has 1 saturated carbocycles. The van der Waals surface area contributed by atoms with Crippen LogP contribution in [0.2, 0.25) is 0 Å². The molecule has 0 atom stereocenters. The van der Waals surface area contributed by atoms with E-state index in [1.54, 1.807) is 0 Å². The maximum Gasteiger partial charge on any atom is 0.252 e. The molecule has 7 nitrogen and oxygen atoms in total. The Morgan fingerprint density at radius 3 is 2.52 bits per heavy atom. The Labute approximate surface area is 143 Å². The van der Waals surface area contributed by atoms with Gasteiger partial charge in [-0.25, -0.2) is 13.1 Å². The van der Waals surface area contributed by atoms with E-state index >= 15 is 0 Å². The third kappa shape index (κ3) is 4.76. The zero-order valence-corrected chi connectivity index (χ0v) is 14.7. The fourth-order valence-electron chi connectivity index (χ4n) is 2.43. The first-order chi connectivity index (χ1) is 10.8. The van der Waals surface area contributed by atoms with Crippen LogP contribution >= 0.6 is 15.9 Å². The van der Waals surface area contributed by atoms with Crippen molar-refractivity contribution in [1.82, 2.24) is 10.0 Å². The first-order valence-electron chi connectivity index (χ1n) is 7.18. The van der Waals surface area contributed by atoms with Gasteiger partial charge < -0.3 is 11.1 Å². The maximum atomic E-state index is 12.3. The number of nitrogens with two attached hydrogens (primary N) is 1. The molecule has 2 amide bonds. The zero-order chi connectivity index (χ0) is 17.0. The molecular weight excluding hydrogens is 386 g/mol. The van der Waals surface area contributed by atoms with E-state index in [0.717, 1.165) is 25.7 Å². The van der Waals surface area contributed by atoms with E-state index < -0.39 is 22.5 Å². The summed E-state index contributed by atoms with van der Waals surface area (Å²) in [5.74, 6) is -1.11. The number of carbonyl (C=O) groups excluding carboxylic acids is 2. The number of hydrogen-bond donors (Lipinski definition) is 3. The Kier molecular flexibility index (Phi) is 5.77. The van der Waals surface area contributed by atoms with Crippen molar-refractivity contribution in [2.24, 2.45) is 5.73 Å². The molecule has 1 aliphatic carbocycles. The summed E-state index contributed by atoms with van der Waals surface area (Å²) in [7, 11) is -3.91. The second kappa shape index (κ2) is 7.41. The van der Waals surface area contributed by atoms with E-state index in [1.807, 2.05) is 0 Å². The summed E-state index contributed by atoms with van der Waals surface area (Å²) in [4.78, 5) is 23.0. The molecule has 0 aromatic heterocycles. The van der Waals surface area contributed by atoms with Crippen LogP contribution in [0, 0.1) is 0 Å². The Morgan fingerprint density at radius 1 is 1.26 bits per heavy atom. The van der Waals surface area contributed by atoms with Crippen molar-refractivity contribution >= 4 is 37.8 Å². The van der Waals surface area contributed by atoms with Crippen LogP contribution in [0.25, 0.3) is 0 Å². The lowest BCUT2D eigenvalue weighted by atomic mass is 10.2. The molecule has 1 aliphatic rings. The van der Waals surface area contributed by atoms with Crippen LogP contribution < -0.4 is 15.8 Å². The van der Waals surface area contributed by atoms with E-state index in [0.29, 0.717) is 4.47 Å². The molecule has 0 spiro atoms. The largest absolute Gasteiger partial charge is 0.369 e. The van der Waals surface area contributed by atoms with E-state index in [-0.39, 0.29) is 22.4 Å². The number of carbonyl (C=O) groups is 2. The Morgan fingerprint density at radius 2 is 1.91 bits per heavy atom. The number of benzene rings is 1. The molecule has 0 unspecified atom stereocenters. The minimum absolute atomic E-state index is 0.0986. The van der Waals surface area contributed by atoms with Gasteiger partial charge in [0, 0.05) is 10.5 Å². The van der Waals surface area contributed by atoms with Crippen molar-refractivity contribution in [3.05, 3.63) is 28.2 Å². The fraction of sp³-hybridized carbons (Fsp3) is 0.429. The molecule has 0 aliphatic heterocycles. The molecule has 0 radical (unpaired) electrons. The smallest absolute Gasteiger partial charge is 0.252 e. The van der Waals surface area contributed by atoms with Crippen molar-refractivity contribution in [2.75, 3.05) is 6.54 Å². The number of amides is 2. The van der Waals surface area contributed by atoms with Crippen LogP contribution in [0.4, 0.5) is 0 Å². The topological polar surface area (TPSA) is 118 Å². The van der Waals surface area contributed by atoms with Gasteiger partial charge in [-0.3, -0.25) is 9.59 Å². The molecule has 1 aromatic carbocycles. The van der Waals surface area contributed by atoms with Gasteiger partial charge in [0.1, 0.15) is 0 Å². The second-order valence-corrected chi connectivity index (χ2v) is 8.01. The average molecular weight is 404 g/mol. The molecule has 23 heavy (non-hydrogen) atoms. The number of nitrogens with one attached hydrogen (secondary N) is 2. The van der Waals surface area contributed by atoms with Crippen LogP contribution in [0.3, 0.4) is 0 Å². The number of sulfonamides is 1. The predicted octanol–water partition coefficient (Wildman–Crippen LogP) is 0.885. The summed E-state index contributed by atoms with van der Waals surface area (Å²) >= 11 is 3.26. The van der Waals surface area contributed by atoms with E-state index in [4.69, 9.17) is 5.73 Å². The Balaban J connectivity index is 2.20. The lowest BCUT2D eigenvalue weighted by molar-refractivity contribution is -0.116. The molecule has 2 rings (SSSR count). The van der Waals surface area contributed by atoms with Gasteiger partial charge in [0.15, 0.2) is 0 Å². The summed E-state index contributed by atoms with van der Waals surface area (Å²) in [5, 5.41) is 2.91. The van der Waals surface area contributed by atoms with Crippen LogP contribution in [-0.4, -0.2) is 32.8 Å². The van der Waals surface area contributed by atoms with Crippen molar-refractivity contribution < 1.29 is 18.0 Å². The van der Waals surface area contributed by atoms with Crippen molar-refractivity contribution in [1.29, 1.82) is 0 Å². The average Bonchev–Trinajstić information content (AvgIpc) is 2.98. The van der Waals surface area contributed by atoms with E-state index in [2.05, 4.69) is 26.0 Å². The van der Waals surface area contributed by atoms with Gasteiger partial charge in [0.05, 0.1) is 17.0 Å². The lowest BCUT2D eigenvalue weighted by Gasteiger charge is -2.14. The molecule has 1 aromatic rings. The summed E-state index contributed by atoms with van der Waals surface area (Å²) in [6.07, 6.45) is 4.03. The van der Waals surface area contributed by atoms with Crippen molar-refractivity contribution in [3.8, 4) is 0 Å². The van der Waals surface area contributed by atoms with Crippen LogP contribution in [0.15, 0.2) is 27.6 Å². The van der Waals surface area contributed by atoms with Gasteiger partial charge in [0.2, 0.25) is 15.9 Å². The van der Waals surface area contributed by atoms with E-state index in [1.165, 1.54) is 18.2 Å². The molecule has 1 fully saturated rings. The Hall–Kier alpha value is -1.45. The zero-order valence-electron chi connectivity index (χ0n) is 12.3. The molecule has 4 N–H and O–H groups in total. The first kappa shape index (κ1) is 17.9. The summed E-state index contributed by atoms with van der Waals surface area (Å²) in [6, 6.07) is 4.24. The highest BCUT2D eigenvalue weighted by Crippen LogP contribution is 2.23. The van der Waals surface area contributed by atoms with Gasteiger partial charge in [0.25, 0.3) is 5.91 Å². The Bertz CT molecular complexity index is 715. The van der Waals surface area contributed by atoms with Crippen LogP contribution in [-0.2, 0) is 14.8 Å². The quantitative estimate of drug-likeness (QED) is 0.652. The fourth-order valence-corrected chi connectivity index (χ4v) is 3.87. The van der Waals surface area contributed by atoms with Crippen molar-refractivity contribution in [2.45, 2.75) is 36.6 Å². The highest BCUT2D eigenvalue weighted by Gasteiger charge is 2.22. The number of rotatable bonds is 6. The maximum absolute atomic E-state index is 12.3. The molecule has 0 saturated heterocycles. The van der Waals surface area contributed by atoms with Crippen LogP contribution in [0.5, 0.6) is 0 Å².